The van der Waals surface area contributed by atoms with Gasteiger partial charge < -0.3 is 14.2 Å². The molecule has 0 aliphatic carbocycles. The van der Waals surface area contributed by atoms with E-state index in [1.54, 1.807) is 44.6 Å². The van der Waals surface area contributed by atoms with Gasteiger partial charge >= 0.3 is 0 Å². The van der Waals surface area contributed by atoms with Crippen LogP contribution in [0.25, 0.3) is 10.2 Å². The van der Waals surface area contributed by atoms with E-state index in [4.69, 9.17) is 19.5 Å². The van der Waals surface area contributed by atoms with Crippen LogP contribution in [0.15, 0.2) is 60.7 Å². The molecule has 1 unspecified atom stereocenters. The second-order valence-corrected chi connectivity index (χ2v) is 8.26. The van der Waals surface area contributed by atoms with Gasteiger partial charge in [-0.25, -0.2) is 4.98 Å². The van der Waals surface area contributed by atoms with E-state index >= 15 is 0 Å². The van der Waals surface area contributed by atoms with E-state index in [0.29, 0.717) is 39.0 Å². The number of benzene rings is 3. The summed E-state index contributed by atoms with van der Waals surface area (Å²) in [5.74, 6) is 1.28. The number of carbonyl (C=O) groups is 1. The molecule has 1 N–H and O–H groups in total. The minimum atomic E-state index is -0.908. The molecule has 0 aliphatic rings. The molecule has 1 heterocycles. The molecule has 4 aromatic rings. The van der Waals surface area contributed by atoms with Crippen LogP contribution in [0.3, 0.4) is 0 Å². The smallest absolute Gasteiger partial charge is 0.271 e. The van der Waals surface area contributed by atoms with E-state index in [-0.39, 0.29) is 5.91 Å². The Morgan fingerprint density at radius 2 is 1.70 bits per heavy atom. The zero-order valence-electron chi connectivity index (χ0n) is 18.3. The van der Waals surface area contributed by atoms with Crippen molar-refractivity contribution in [2.24, 2.45) is 0 Å². The number of rotatable bonds is 7. The number of anilines is 1. The first-order valence-electron chi connectivity index (χ1n) is 10.1. The number of fused-ring (bicyclic) bond motifs is 1. The zero-order valence-corrected chi connectivity index (χ0v) is 19.1. The van der Waals surface area contributed by atoms with E-state index in [0.717, 1.165) is 10.3 Å². The van der Waals surface area contributed by atoms with Crippen LogP contribution in [0, 0.1) is 18.3 Å². The average molecular weight is 460 g/mol. The molecular formula is C25H21N3O4S. The van der Waals surface area contributed by atoms with Gasteiger partial charge in [-0.2, -0.15) is 5.26 Å². The number of hydrogen-bond donors (Lipinski definition) is 1. The van der Waals surface area contributed by atoms with Gasteiger partial charge in [0, 0.05) is 17.7 Å². The highest BCUT2D eigenvalue weighted by atomic mass is 32.1. The van der Waals surface area contributed by atoms with Crippen molar-refractivity contribution in [1.82, 2.24) is 4.98 Å². The van der Waals surface area contributed by atoms with Crippen LogP contribution in [0.2, 0.25) is 0 Å². The van der Waals surface area contributed by atoms with Crippen molar-refractivity contribution in [1.29, 1.82) is 5.26 Å². The molecule has 1 amide bonds. The fourth-order valence-electron chi connectivity index (χ4n) is 3.24. The van der Waals surface area contributed by atoms with E-state index in [1.807, 2.05) is 37.3 Å². The Bertz CT molecular complexity index is 1280. The minimum absolute atomic E-state index is 0.360. The van der Waals surface area contributed by atoms with Gasteiger partial charge in [0.25, 0.3) is 5.91 Å². The molecule has 8 heteroatoms. The highest BCUT2D eigenvalue weighted by Gasteiger charge is 2.24. The molecule has 0 bridgehead atoms. The number of thiazole rings is 1. The Morgan fingerprint density at radius 3 is 2.33 bits per heavy atom. The summed E-state index contributed by atoms with van der Waals surface area (Å²) in [5.41, 5.74) is 2.98. The maximum atomic E-state index is 13.3. The molecule has 1 atom stereocenters. The second-order valence-electron chi connectivity index (χ2n) is 7.23. The normalized spacial score (nSPS) is 11.5. The standard InChI is InChI=1S/C25H21N3O4S/c1-15-4-8-17(9-5-15)23(32-18-10-6-16(14-26)7-11-18)24(29)28-25-27-19-12-20(30-2)21(31-3)13-22(19)33-25/h4-13,23H,1-3H3,(H,27,28,29). The predicted octanol–water partition coefficient (Wildman–Crippen LogP) is 5.25. The fraction of sp³-hybridized carbons (Fsp3) is 0.160. The average Bonchev–Trinajstić information content (AvgIpc) is 3.23. The summed E-state index contributed by atoms with van der Waals surface area (Å²) in [7, 11) is 3.13. The lowest BCUT2D eigenvalue weighted by Gasteiger charge is -2.19. The number of hydrogen-bond acceptors (Lipinski definition) is 7. The lowest BCUT2D eigenvalue weighted by Crippen LogP contribution is -2.25. The first kappa shape index (κ1) is 22.1. The number of aromatic nitrogens is 1. The van der Waals surface area contributed by atoms with Crippen LogP contribution in [-0.4, -0.2) is 25.1 Å². The van der Waals surface area contributed by atoms with Gasteiger partial charge in [0.15, 0.2) is 16.6 Å². The van der Waals surface area contributed by atoms with E-state index < -0.39 is 6.10 Å². The molecule has 0 aliphatic heterocycles. The summed E-state index contributed by atoms with van der Waals surface area (Å²) in [6.45, 7) is 1.98. The number of aryl methyl sites for hydroxylation is 1. The van der Waals surface area contributed by atoms with Gasteiger partial charge in [0.1, 0.15) is 5.75 Å². The summed E-state index contributed by atoms with van der Waals surface area (Å²) in [6, 6.07) is 19.9. The van der Waals surface area contributed by atoms with Crippen molar-refractivity contribution in [3.05, 3.63) is 77.4 Å². The molecule has 7 nitrogen and oxygen atoms in total. The van der Waals surface area contributed by atoms with Crippen LogP contribution >= 0.6 is 11.3 Å². The van der Waals surface area contributed by atoms with E-state index in [1.165, 1.54) is 11.3 Å². The number of nitriles is 1. The zero-order chi connectivity index (χ0) is 23.4. The number of methoxy groups -OCH3 is 2. The summed E-state index contributed by atoms with van der Waals surface area (Å²) in [6.07, 6.45) is -0.908. The predicted molar refractivity (Wildman–Crippen MR) is 127 cm³/mol. The van der Waals surface area contributed by atoms with Gasteiger partial charge in [-0.3, -0.25) is 10.1 Å². The largest absolute Gasteiger partial charge is 0.493 e. The molecule has 0 spiro atoms. The third-order valence-corrected chi connectivity index (χ3v) is 5.91. The third-order valence-electron chi connectivity index (χ3n) is 4.98. The van der Waals surface area contributed by atoms with Gasteiger partial charge in [0.2, 0.25) is 6.10 Å². The number of ether oxygens (including phenoxy) is 3. The minimum Gasteiger partial charge on any atom is -0.493 e. The summed E-state index contributed by atoms with van der Waals surface area (Å²) >= 11 is 1.33. The van der Waals surface area contributed by atoms with Crippen molar-refractivity contribution in [3.63, 3.8) is 0 Å². The number of nitrogens with zero attached hydrogens (tertiary/aromatic N) is 2. The van der Waals surface area contributed by atoms with Crippen LogP contribution < -0.4 is 19.5 Å². The van der Waals surface area contributed by atoms with Crippen LogP contribution in [-0.2, 0) is 4.79 Å². The SMILES string of the molecule is COc1cc2nc(NC(=O)C(Oc3ccc(C#N)cc3)c3ccc(C)cc3)sc2cc1OC. The fourth-order valence-corrected chi connectivity index (χ4v) is 4.12. The van der Waals surface area contributed by atoms with Crippen LogP contribution in [0.4, 0.5) is 5.13 Å². The van der Waals surface area contributed by atoms with E-state index in [9.17, 15) is 4.79 Å². The summed E-state index contributed by atoms with van der Waals surface area (Å²) in [4.78, 5) is 17.8. The van der Waals surface area contributed by atoms with Crippen molar-refractivity contribution < 1.29 is 19.0 Å². The molecule has 166 valence electrons. The molecule has 0 radical (unpaired) electrons. The van der Waals surface area contributed by atoms with Crippen molar-refractivity contribution in [3.8, 4) is 23.3 Å². The molecule has 0 saturated carbocycles. The molecule has 4 rings (SSSR count). The Balaban J connectivity index is 1.62. The molecule has 0 fully saturated rings. The quantitative estimate of drug-likeness (QED) is 0.406. The molecule has 0 saturated heterocycles. The second kappa shape index (κ2) is 9.59. The van der Waals surface area contributed by atoms with Gasteiger partial charge in [-0.1, -0.05) is 41.2 Å². The molecule has 1 aromatic heterocycles. The van der Waals surface area contributed by atoms with Gasteiger partial charge in [0.05, 0.1) is 36.1 Å². The molecular weight excluding hydrogens is 438 g/mol. The molecule has 33 heavy (non-hydrogen) atoms. The monoisotopic (exact) mass is 459 g/mol. The third kappa shape index (κ3) is 4.89. The molecule has 3 aromatic carbocycles. The summed E-state index contributed by atoms with van der Waals surface area (Å²) < 4.78 is 17.6. The van der Waals surface area contributed by atoms with Gasteiger partial charge in [-0.05, 0) is 31.2 Å². The van der Waals surface area contributed by atoms with Crippen LogP contribution in [0.5, 0.6) is 17.2 Å². The first-order chi connectivity index (χ1) is 16.0. The number of amides is 1. The van der Waals surface area contributed by atoms with Crippen molar-refractivity contribution in [2.75, 3.05) is 19.5 Å². The van der Waals surface area contributed by atoms with E-state index in [2.05, 4.69) is 16.4 Å². The number of nitrogens with one attached hydrogen (secondary N) is 1. The Labute approximate surface area is 195 Å². The lowest BCUT2D eigenvalue weighted by molar-refractivity contribution is -0.123. The van der Waals surface area contributed by atoms with Crippen LogP contribution in [0.1, 0.15) is 22.8 Å². The Hall–Kier alpha value is -4.09. The Morgan fingerprint density at radius 1 is 1.03 bits per heavy atom. The maximum absolute atomic E-state index is 13.3. The van der Waals surface area contributed by atoms with Crippen molar-refractivity contribution in [2.45, 2.75) is 13.0 Å². The van der Waals surface area contributed by atoms with Crippen molar-refractivity contribution >= 4 is 32.6 Å². The summed E-state index contributed by atoms with van der Waals surface area (Å²) in [5, 5.41) is 12.3. The lowest BCUT2D eigenvalue weighted by atomic mass is 10.1. The highest BCUT2D eigenvalue weighted by Crippen LogP contribution is 2.36. The first-order valence-corrected chi connectivity index (χ1v) is 10.9. The van der Waals surface area contributed by atoms with Gasteiger partial charge in [-0.15, -0.1) is 0 Å². The Kier molecular flexibility index (Phi) is 6.43. The maximum Gasteiger partial charge on any atom is 0.271 e. The number of carbonyl (C=O) groups excluding carboxylic acids is 1. The topological polar surface area (TPSA) is 93.5 Å². The highest BCUT2D eigenvalue weighted by molar-refractivity contribution is 7.22.